The van der Waals surface area contributed by atoms with Crippen molar-refractivity contribution in [3.63, 3.8) is 0 Å². The third-order valence-corrected chi connectivity index (χ3v) is 5.09. The highest BCUT2D eigenvalue weighted by Crippen LogP contribution is 2.19. The molecule has 0 saturated heterocycles. The minimum absolute atomic E-state index is 0.107. The Balaban J connectivity index is 1.50. The number of furan rings is 1. The summed E-state index contributed by atoms with van der Waals surface area (Å²) in [5.74, 6) is 1.09. The van der Waals surface area contributed by atoms with Crippen LogP contribution < -0.4 is 10.6 Å². The highest BCUT2D eigenvalue weighted by molar-refractivity contribution is 7.09. The van der Waals surface area contributed by atoms with Gasteiger partial charge in [-0.2, -0.15) is 0 Å². The van der Waals surface area contributed by atoms with Crippen LogP contribution in [-0.2, 0) is 19.6 Å². The number of hydrogen-bond acceptors (Lipinski definition) is 5. The molecule has 0 radical (unpaired) electrons. The second-order valence-electron chi connectivity index (χ2n) is 6.40. The third-order valence-electron chi connectivity index (χ3n) is 3.89. The van der Waals surface area contributed by atoms with Crippen LogP contribution in [0, 0.1) is 0 Å². The Morgan fingerprint density at radius 2 is 2.08 bits per heavy atom. The standard InChI is InChI=1S/C20H23N3O2S/c1-14(2)20-23-17(13-26-20)11-21-10-15-5-3-6-16(9-15)19(24)22-12-18-7-4-8-25-18/h3-9,13-14,21H,10-12H2,1-2H3,(H,22,24). The van der Waals surface area contributed by atoms with Crippen molar-refractivity contribution in [3.05, 3.63) is 75.6 Å². The third kappa shape index (κ3) is 5.03. The first-order chi connectivity index (χ1) is 12.6. The molecule has 0 saturated carbocycles. The lowest BCUT2D eigenvalue weighted by Gasteiger charge is -2.07. The fourth-order valence-electron chi connectivity index (χ4n) is 2.51. The number of benzene rings is 1. The lowest BCUT2D eigenvalue weighted by atomic mass is 10.1. The van der Waals surface area contributed by atoms with Gasteiger partial charge in [0.25, 0.3) is 5.91 Å². The summed E-state index contributed by atoms with van der Waals surface area (Å²) in [6.07, 6.45) is 1.60. The maximum absolute atomic E-state index is 12.3. The normalized spacial score (nSPS) is 11.0. The molecule has 0 aliphatic carbocycles. The summed E-state index contributed by atoms with van der Waals surface area (Å²) in [4.78, 5) is 16.9. The van der Waals surface area contributed by atoms with Crippen molar-refractivity contribution >= 4 is 17.2 Å². The molecule has 136 valence electrons. The van der Waals surface area contributed by atoms with Crippen molar-refractivity contribution in [2.75, 3.05) is 0 Å². The number of aromatic nitrogens is 1. The van der Waals surface area contributed by atoms with E-state index in [2.05, 4.69) is 34.8 Å². The molecule has 3 aromatic rings. The van der Waals surface area contributed by atoms with Crippen molar-refractivity contribution in [2.45, 2.75) is 39.4 Å². The van der Waals surface area contributed by atoms with E-state index in [4.69, 9.17) is 4.42 Å². The van der Waals surface area contributed by atoms with Gasteiger partial charge in [-0.05, 0) is 29.8 Å². The molecule has 1 amide bonds. The molecule has 0 unspecified atom stereocenters. The van der Waals surface area contributed by atoms with Gasteiger partial charge in [-0.15, -0.1) is 11.3 Å². The minimum Gasteiger partial charge on any atom is -0.467 e. The van der Waals surface area contributed by atoms with Crippen molar-refractivity contribution in [1.82, 2.24) is 15.6 Å². The first-order valence-electron chi connectivity index (χ1n) is 8.66. The smallest absolute Gasteiger partial charge is 0.251 e. The SMILES string of the molecule is CC(C)c1nc(CNCc2cccc(C(=O)NCc3ccco3)c2)cs1. The molecular weight excluding hydrogens is 346 g/mol. The van der Waals surface area contributed by atoms with Crippen molar-refractivity contribution in [3.8, 4) is 0 Å². The van der Waals surface area contributed by atoms with Crippen LogP contribution >= 0.6 is 11.3 Å². The number of carbonyl (C=O) groups excluding carboxylic acids is 1. The summed E-state index contributed by atoms with van der Waals surface area (Å²) < 4.78 is 5.23. The molecule has 0 fully saturated rings. The fourth-order valence-corrected chi connectivity index (χ4v) is 3.34. The molecule has 2 aromatic heterocycles. The van der Waals surface area contributed by atoms with Gasteiger partial charge in [-0.25, -0.2) is 4.98 Å². The monoisotopic (exact) mass is 369 g/mol. The van der Waals surface area contributed by atoms with Gasteiger partial charge in [0.15, 0.2) is 0 Å². The van der Waals surface area contributed by atoms with Gasteiger partial charge in [0.05, 0.1) is 23.5 Å². The van der Waals surface area contributed by atoms with E-state index in [0.717, 1.165) is 28.6 Å². The molecule has 5 nitrogen and oxygen atoms in total. The molecule has 0 bridgehead atoms. The Labute approximate surface area is 157 Å². The van der Waals surface area contributed by atoms with Gasteiger partial charge in [0.2, 0.25) is 0 Å². The number of hydrogen-bond donors (Lipinski definition) is 2. The van der Waals surface area contributed by atoms with Crippen LogP contribution in [0.15, 0.2) is 52.5 Å². The predicted octanol–water partition coefficient (Wildman–Crippen LogP) is 4.08. The van der Waals surface area contributed by atoms with Gasteiger partial charge in [-0.3, -0.25) is 4.79 Å². The zero-order valence-electron chi connectivity index (χ0n) is 15.0. The first-order valence-corrected chi connectivity index (χ1v) is 9.54. The van der Waals surface area contributed by atoms with Crippen LogP contribution in [0.25, 0.3) is 0 Å². The van der Waals surface area contributed by atoms with Crippen LogP contribution in [0.3, 0.4) is 0 Å². The molecular formula is C20H23N3O2S. The van der Waals surface area contributed by atoms with E-state index < -0.39 is 0 Å². The highest BCUT2D eigenvalue weighted by Gasteiger charge is 2.08. The summed E-state index contributed by atoms with van der Waals surface area (Å²) in [7, 11) is 0. The zero-order chi connectivity index (χ0) is 18.4. The average Bonchev–Trinajstić information content (AvgIpc) is 3.32. The largest absolute Gasteiger partial charge is 0.467 e. The van der Waals surface area contributed by atoms with Crippen molar-refractivity contribution in [2.24, 2.45) is 0 Å². The number of amides is 1. The van der Waals surface area contributed by atoms with Gasteiger partial charge in [0, 0.05) is 30.0 Å². The Kier molecular flexibility index (Phi) is 6.20. The molecule has 3 rings (SSSR count). The van der Waals surface area contributed by atoms with Gasteiger partial charge in [-0.1, -0.05) is 26.0 Å². The Hall–Kier alpha value is -2.44. The quantitative estimate of drug-likeness (QED) is 0.628. The fraction of sp³-hybridized carbons (Fsp3) is 0.300. The summed E-state index contributed by atoms with van der Waals surface area (Å²) in [5, 5.41) is 9.51. The molecule has 2 heterocycles. The molecule has 0 aliphatic rings. The predicted molar refractivity (Wildman–Crippen MR) is 103 cm³/mol. The Morgan fingerprint density at radius 1 is 1.19 bits per heavy atom. The van der Waals surface area contributed by atoms with E-state index in [1.165, 1.54) is 0 Å². The Bertz CT molecular complexity index is 840. The van der Waals surface area contributed by atoms with E-state index in [1.54, 1.807) is 23.7 Å². The second kappa shape index (κ2) is 8.78. The van der Waals surface area contributed by atoms with Crippen LogP contribution in [0.4, 0.5) is 0 Å². The molecule has 0 atom stereocenters. The van der Waals surface area contributed by atoms with Crippen LogP contribution in [0.1, 0.15) is 52.1 Å². The second-order valence-corrected chi connectivity index (χ2v) is 7.29. The molecule has 26 heavy (non-hydrogen) atoms. The number of nitrogens with zero attached hydrogens (tertiary/aromatic N) is 1. The molecule has 1 aromatic carbocycles. The van der Waals surface area contributed by atoms with Gasteiger partial charge < -0.3 is 15.1 Å². The van der Waals surface area contributed by atoms with Crippen molar-refractivity contribution < 1.29 is 9.21 Å². The number of nitrogens with one attached hydrogen (secondary N) is 2. The summed E-state index contributed by atoms with van der Waals surface area (Å²) >= 11 is 1.70. The van der Waals surface area contributed by atoms with Crippen LogP contribution in [0.2, 0.25) is 0 Å². The zero-order valence-corrected chi connectivity index (χ0v) is 15.8. The lowest BCUT2D eigenvalue weighted by molar-refractivity contribution is 0.0948. The van der Waals surface area contributed by atoms with Gasteiger partial charge in [0.1, 0.15) is 5.76 Å². The van der Waals surface area contributed by atoms with Gasteiger partial charge >= 0.3 is 0 Å². The Morgan fingerprint density at radius 3 is 2.81 bits per heavy atom. The van der Waals surface area contributed by atoms with Crippen LogP contribution in [-0.4, -0.2) is 10.9 Å². The molecule has 0 spiro atoms. The summed E-state index contributed by atoms with van der Waals surface area (Å²) in [6.45, 7) is 6.10. The molecule has 0 aliphatic heterocycles. The molecule has 2 N–H and O–H groups in total. The van der Waals surface area contributed by atoms with E-state index in [-0.39, 0.29) is 5.91 Å². The van der Waals surface area contributed by atoms with E-state index in [1.807, 2.05) is 30.3 Å². The summed E-state index contributed by atoms with van der Waals surface area (Å²) in [6, 6.07) is 11.3. The lowest BCUT2D eigenvalue weighted by Crippen LogP contribution is -2.23. The maximum atomic E-state index is 12.3. The number of carbonyl (C=O) groups is 1. The topological polar surface area (TPSA) is 67.2 Å². The minimum atomic E-state index is -0.107. The number of rotatable bonds is 8. The van der Waals surface area contributed by atoms with E-state index >= 15 is 0 Å². The van der Waals surface area contributed by atoms with E-state index in [9.17, 15) is 4.79 Å². The van der Waals surface area contributed by atoms with Crippen LogP contribution in [0.5, 0.6) is 0 Å². The first kappa shape index (κ1) is 18.4. The number of thiazole rings is 1. The maximum Gasteiger partial charge on any atom is 0.251 e. The summed E-state index contributed by atoms with van der Waals surface area (Å²) in [5.41, 5.74) is 2.77. The highest BCUT2D eigenvalue weighted by atomic mass is 32.1. The average molecular weight is 369 g/mol. The van der Waals surface area contributed by atoms with Crippen molar-refractivity contribution in [1.29, 1.82) is 0 Å². The van der Waals surface area contributed by atoms with E-state index in [0.29, 0.717) is 24.6 Å². The molecule has 6 heteroatoms.